The highest BCUT2D eigenvalue weighted by Crippen LogP contribution is 2.45. The molecule has 4 heteroatoms. The Hall–Kier alpha value is -0.540. The second-order valence-corrected chi connectivity index (χ2v) is 8.59. The third kappa shape index (κ3) is 3.29. The minimum Gasteiger partial charge on any atom is -0.309 e. The number of benzene rings is 1. The second kappa shape index (κ2) is 5.92. The van der Waals surface area contributed by atoms with Crippen LogP contribution in [0.3, 0.4) is 0 Å². The average Bonchev–Trinajstić information content (AvgIpc) is 2.92. The summed E-state index contributed by atoms with van der Waals surface area (Å²) in [6, 6.07) is 10.7. The molecule has 1 aromatic carbocycles. The van der Waals surface area contributed by atoms with E-state index in [-0.39, 0.29) is 5.41 Å². The molecule has 0 fully saturated rings. The van der Waals surface area contributed by atoms with Gasteiger partial charge in [-0.2, -0.15) is 0 Å². The molecule has 1 heterocycles. The van der Waals surface area contributed by atoms with E-state index >= 15 is 0 Å². The Kier molecular flexibility index (Phi) is 4.33. The normalized spacial score (nSPS) is 19.7. The molecule has 1 aromatic heterocycles. The molecular formula is C17H19Cl2NS. The minimum absolute atomic E-state index is 0.222. The van der Waals surface area contributed by atoms with E-state index in [1.807, 2.05) is 12.1 Å². The van der Waals surface area contributed by atoms with Gasteiger partial charge in [0.2, 0.25) is 0 Å². The summed E-state index contributed by atoms with van der Waals surface area (Å²) in [6.07, 6.45) is 2.11. The predicted molar refractivity (Wildman–Crippen MR) is 92.7 cm³/mol. The van der Waals surface area contributed by atoms with E-state index in [0.717, 1.165) is 28.7 Å². The fourth-order valence-corrected chi connectivity index (χ4v) is 4.49. The molecule has 1 nitrogen and oxygen atoms in total. The second-order valence-electron chi connectivity index (χ2n) is 6.35. The summed E-state index contributed by atoms with van der Waals surface area (Å²) >= 11 is 13.8. The highest BCUT2D eigenvalue weighted by Gasteiger charge is 2.38. The molecule has 0 amide bonds. The number of fused-ring (bicyclic) bond motifs is 1. The molecule has 1 N–H and O–H groups in total. The van der Waals surface area contributed by atoms with Gasteiger partial charge in [-0.15, -0.1) is 11.3 Å². The van der Waals surface area contributed by atoms with Crippen LogP contribution in [0.1, 0.15) is 35.9 Å². The first-order chi connectivity index (χ1) is 9.95. The zero-order valence-electron chi connectivity index (χ0n) is 12.2. The molecule has 0 aliphatic heterocycles. The van der Waals surface area contributed by atoms with Crippen LogP contribution in [-0.2, 0) is 12.8 Å². The summed E-state index contributed by atoms with van der Waals surface area (Å²) in [5, 5.41) is 4.54. The lowest BCUT2D eigenvalue weighted by atomic mass is 9.85. The lowest BCUT2D eigenvalue weighted by Crippen LogP contribution is -2.32. The summed E-state index contributed by atoms with van der Waals surface area (Å²) in [5.41, 5.74) is 3.00. The van der Waals surface area contributed by atoms with Crippen molar-refractivity contribution in [3.8, 4) is 0 Å². The van der Waals surface area contributed by atoms with Crippen LogP contribution in [0, 0.1) is 5.41 Å². The smallest absolute Gasteiger partial charge is 0.0931 e. The largest absolute Gasteiger partial charge is 0.309 e. The predicted octanol–water partition coefficient (Wildman–Crippen LogP) is 5.51. The van der Waals surface area contributed by atoms with Crippen molar-refractivity contribution >= 4 is 34.5 Å². The number of hydrogen-bond donors (Lipinski definition) is 1. The molecule has 1 atom stereocenters. The highest BCUT2D eigenvalue weighted by atomic mass is 35.5. The Morgan fingerprint density at radius 2 is 2.05 bits per heavy atom. The lowest BCUT2D eigenvalue weighted by Gasteiger charge is -2.28. The van der Waals surface area contributed by atoms with Crippen molar-refractivity contribution in [2.75, 3.05) is 6.54 Å². The standard InChI is InChI=1S/C17H19Cl2NS/c1-17(2)10-11-3-4-12(18)9-14(11)16(17)20-8-7-13-5-6-15(19)21-13/h3-6,9,16,20H,7-8,10H2,1-2H3. The third-order valence-corrected chi connectivity index (χ3v) is 5.72. The van der Waals surface area contributed by atoms with Gasteiger partial charge in [-0.05, 0) is 53.6 Å². The van der Waals surface area contributed by atoms with Crippen LogP contribution in [-0.4, -0.2) is 6.54 Å². The van der Waals surface area contributed by atoms with Crippen molar-refractivity contribution in [3.05, 3.63) is 55.7 Å². The minimum atomic E-state index is 0.222. The van der Waals surface area contributed by atoms with Crippen LogP contribution in [0.4, 0.5) is 0 Å². The first-order valence-corrected chi connectivity index (χ1v) is 8.79. The van der Waals surface area contributed by atoms with E-state index in [1.165, 1.54) is 16.0 Å². The molecular weight excluding hydrogens is 321 g/mol. The van der Waals surface area contributed by atoms with Gasteiger partial charge in [-0.1, -0.05) is 43.1 Å². The molecule has 0 spiro atoms. The van der Waals surface area contributed by atoms with Crippen molar-refractivity contribution in [1.29, 1.82) is 0 Å². The molecule has 1 unspecified atom stereocenters. The van der Waals surface area contributed by atoms with Gasteiger partial charge >= 0.3 is 0 Å². The van der Waals surface area contributed by atoms with Gasteiger partial charge < -0.3 is 5.32 Å². The van der Waals surface area contributed by atoms with Crippen molar-refractivity contribution in [3.63, 3.8) is 0 Å². The molecule has 0 saturated heterocycles. The van der Waals surface area contributed by atoms with Gasteiger partial charge in [0, 0.05) is 22.5 Å². The topological polar surface area (TPSA) is 12.0 Å². The van der Waals surface area contributed by atoms with E-state index in [9.17, 15) is 0 Å². The van der Waals surface area contributed by atoms with Gasteiger partial charge in [0.15, 0.2) is 0 Å². The van der Waals surface area contributed by atoms with Gasteiger partial charge in [0.05, 0.1) is 4.34 Å². The van der Waals surface area contributed by atoms with Crippen molar-refractivity contribution in [2.24, 2.45) is 5.41 Å². The van der Waals surface area contributed by atoms with Crippen LogP contribution in [0.5, 0.6) is 0 Å². The van der Waals surface area contributed by atoms with Crippen molar-refractivity contribution < 1.29 is 0 Å². The number of hydrogen-bond acceptors (Lipinski definition) is 2. The quantitative estimate of drug-likeness (QED) is 0.774. The maximum absolute atomic E-state index is 6.17. The van der Waals surface area contributed by atoms with Gasteiger partial charge in [-0.3, -0.25) is 0 Å². The van der Waals surface area contributed by atoms with Crippen LogP contribution in [0.15, 0.2) is 30.3 Å². The summed E-state index contributed by atoms with van der Waals surface area (Å²) in [5.74, 6) is 0. The molecule has 3 rings (SSSR count). The summed E-state index contributed by atoms with van der Waals surface area (Å²) in [7, 11) is 0. The van der Waals surface area contributed by atoms with Crippen molar-refractivity contribution in [1.82, 2.24) is 5.32 Å². The summed E-state index contributed by atoms with van der Waals surface area (Å²) < 4.78 is 0.864. The summed E-state index contributed by atoms with van der Waals surface area (Å²) in [4.78, 5) is 1.33. The van der Waals surface area contributed by atoms with Gasteiger partial charge in [-0.25, -0.2) is 0 Å². The Balaban J connectivity index is 1.71. The molecule has 112 valence electrons. The van der Waals surface area contributed by atoms with E-state index in [1.54, 1.807) is 11.3 Å². The van der Waals surface area contributed by atoms with Gasteiger partial charge in [0.25, 0.3) is 0 Å². The van der Waals surface area contributed by atoms with Crippen LogP contribution >= 0.6 is 34.5 Å². The lowest BCUT2D eigenvalue weighted by molar-refractivity contribution is 0.271. The molecule has 2 aromatic rings. The molecule has 21 heavy (non-hydrogen) atoms. The molecule has 1 aliphatic rings. The fourth-order valence-electron chi connectivity index (χ4n) is 3.22. The third-order valence-electron chi connectivity index (χ3n) is 4.20. The zero-order chi connectivity index (χ0) is 15.0. The average molecular weight is 340 g/mol. The molecule has 0 saturated carbocycles. The SMILES string of the molecule is CC1(C)Cc2ccc(Cl)cc2C1NCCc1ccc(Cl)s1. The monoisotopic (exact) mass is 339 g/mol. The van der Waals surface area contributed by atoms with Crippen LogP contribution in [0.2, 0.25) is 9.36 Å². The number of halogens is 2. The zero-order valence-corrected chi connectivity index (χ0v) is 14.6. The van der Waals surface area contributed by atoms with Gasteiger partial charge in [0.1, 0.15) is 0 Å². The maximum atomic E-state index is 6.17. The van der Waals surface area contributed by atoms with Crippen molar-refractivity contribution in [2.45, 2.75) is 32.7 Å². The van der Waals surface area contributed by atoms with E-state index in [0.29, 0.717) is 6.04 Å². The van der Waals surface area contributed by atoms with E-state index < -0.39 is 0 Å². The Morgan fingerprint density at radius 3 is 2.76 bits per heavy atom. The number of rotatable bonds is 4. The molecule has 0 bridgehead atoms. The first-order valence-electron chi connectivity index (χ1n) is 7.22. The highest BCUT2D eigenvalue weighted by molar-refractivity contribution is 7.16. The Labute approximate surface area is 140 Å². The Morgan fingerprint density at radius 1 is 1.24 bits per heavy atom. The maximum Gasteiger partial charge on any atom is 0.0931 e. The molecule has 0 radical (unpaired) electrons. The fraction of sp³-hybridized carbons (Fsp3) is 0.412. The first kappa shape index (κ1) is 15.4. The number of nitrogens with one attached hydrogen (secondary N) is 1. The Bertz CT molecular complexity index is 648. The number of thiophene rings is 1. The van der Waals surface area contributed by atoms with E-state index in [2.05, 4.69) is 37.4 Å². The van der Waals surface area contributed by atoms with E-state index in [4.69, 9.17) is 23.2 Å². The summed E-state index contributed by atoms with van der Waals surface area (Å²) in [6.45, 7) is 5.60. The molecule has 1 aliphatic carbocycles. The van der Waals surface area contributed by atoms with Crippen LogP contribution in [0.25, 0.3) is 0 Å². The van der Waals surface area contributed by atoms with Crippen LogP contribution < -0.4 is 5.32 Å².